The highest BCUT2D eigenvalue weighted by atomic mass is 31.2. The molecular formula is C20H35O10P. The Labute approximate surface area is 184 Å². The third-order valence-electron chi connectivity index (χ3n) is 3.81. The Morgan fingerprint density at radius 1 is 0.806 bits per heavy atom. The predicted octanol–water partition coefficient (Wildman–Crippen LogP) is 2.95. The van der Waals surface area contributed by atoms with Crippen LogP contribution in [0.25, 0.3) is 0 Å². The van der Waals surface area contributed by atoms with Crippen molar-refractivity contribution in [1.82, 2.24) is 0 Å². The summed E-state index contributed by atoms with van der Waals surface area (Å²) in [5.74, 6) is -1.01. The molecule has 0 amide bonds. The molecule has 0 radical (unpaired) electrons. The summed E-state index contributed by atoms with van der Waals surface area (Å²) >= 11 is 0. The highest BCUT2D eigenvalue weighted by molar-refractivity contribution is 7.47. The van der Waals surface area contributed by atoms with Crippen molar-refractivity contribution in [1.29, 1.82) is 0 Å². The number of rotatable bonds is 20. The summed E-state index contributed by atoms with van der Waals surface area (Å²) in [7, 11) is -4.11. The standard InChI is InChI=1S/C20H35O10P/c1-5-19(21)27-15-13-25-17(3)9-7-11-29-31(23,24)30-12-8-10-18(4)26-14-16-28-20(22)6-2/h5-6,17-18H,1-2,7-16H2,3-4H3,(H,23,24). The highest BCUT2D eigenvalue weighted by Gasteiger charge is 2.20. The van der Waals surface area contributed by atoms with Gasteiger partial charge < -0.3 is 23.8 Å². The van der Waals surface area contributed by atoms with Crippen LogP contribution in [0.15, 0.2) is 25.3 Å². The van der Waals surface area contributed by atoms with Gasteiger partial charge in [-0.3, -0.25) is 9.05 Å². The SMILES string of the molecule is C=CC(=O)OCCOC(C)CCCOP(=O)(O)OCCCC(C)OCCOC(=O)C=C. The first kappa shape index (κ1) is 29.5. The van der Waals surface area contributed by atoms with Crippen LogP contribution < -0.4 is 0 Å². The monoisotopic (exact) mass is 466 g/mol. The Hall–Kier alpha value is -1.55. The van der Waals surface area contributed by atoms with Gasteiger partial charge in [0.2, 0.25) is 0 Å². The molecule has 10 nitrogen and oxygen atoms in total. The molecule has 180 valence electrons. The van der Waals surface area contributed by atoms with E-state index in [9.17, 15) is 19.0 Å². The smallest absolute Gasteiger partial charge is 0.460 e. The van der Waals surface area contributed by atoms with Crippen LogP contribution >= 0.6 is 7.82 Å². The van der Waals surface area contributed by atoms with Crippen LogP contribution in [-0.4, -0.2) is 68.7 Å². The maximum Gasteiger partial charge on any atom is 0.472 e. The zero-order chi connectivity index (χ0) is 23.5. The Kier molecular flexibility index (Phi) is 17.2. The number of carbonyl (C=O) groups excluding carboxylic acids is 2. The van der Waals surface area contributed by atoms with Crippen LogP contribution in [0, 0.1) is 0 Å². The van der Waals surface area contributed by atoms with E-state index in [-0.39, 0.29) is 51.8 Å². The second-order valence-electron chi connectivity index (χ2n) is 6.53. The van der Waals surface area contributed by atoms with Crippen LogP contribution in [0.2, 0.25) is 0 Å². The maximum absolute atomic E-state index is 11.8. The molecule has 31 heavy (non-hydrogen) atoms. The Morgan fingerprint density at radius 3 is 1.55 bits per heavy atom. The van der Waals surface area contributed by atoms with Crippen LogP contribution in [-0.2, 0) is 42.1 Å². The van der Waals surface area contributed by atoms with Crippen molar-refractivity contribution >= 4 is 19.8 Å². The van der Waals surface area contributed by atoms with Gasteiger partial charge in [0.15, 0.2) is 0 Å². The minimum Gasteiger partial charge on any atom is -0.460 e. The average Bonchev–Trinajstić information content (AvgIpc) is 2.74. The minimum absolute atomic E-state index is 0.0515. The topological polar surface area (TPSA) is 127 Å². The molecule has 0 aromatic rings. The van der Waals surface area contributed by atoms with Crippen molar-refractivity contribution in [2.75, 3.05) is 39.6 Å². The van der Waals surface area contributed by atoms with Gasteiger partial charge in [0.05, 0.1) is 38.6 Å². The number of esters is 2. The van der Waals surface area contributed by atoms with Crippen LogP contribution in [0.5, 0.6) is 0 Å². The van der Waals surface area contributed by atoms with Crippen molar-refractivity contribution in [3.63, 3.8) is 0 Å². The van der Waals surface area contributed by atoms with E-state index in [0.717, 1.165) is 12.2 Å². The second-order valence-corrected chi connectivity index (χ2v) is 7.98. The minimum atomic E-state index is -4.11. The lowest BCUT2D eigenvalue weighted by Gasteiger charge is -2.16. The molecule has 1 N–H and O–H groups in total. The Morgan fingerprint density at radius 2 is 1.19 bits per heavy atom. The molecule has 0 saturated heterocycles. The quantitative estimate of drug-likeness (QED) is 0.124. The van der Waals surface area contributed by atoms with Crippen molar-refractivity contribution in [2.45, 2.75) is 51.7 Å². The van der Waals surface area contributed by atoms with Crippen molar-refractivity contribution in [2.24, 2.45) is 0 Å². The van der Waals surface area contributed by atoms with Gasteiger partial charge >= 0.3 is 19.8 Å². The molecule has 0 rings (SSSR count). The molecule has 0 aliphatic heterocycles. The summed E-state index contributed by atoms with van der Waals surface area (Å²) in [4.78, 5) is 31.4. The molecule has 0 aromatic heterocycles. The summed E-state index contributed by atoms with van der Waals surface area (Å²) in [5, 5.41) is 0. The average molecular weight is 466 g/mol. The molecular weight excluding hydrogens is 431 g/mol. The lowest BCUT2D eigenvalue weighted by Crippen LogP contribution is -2.15. The molecule has 0 spiro atoms. The van der Waals surface area contributed by atoms with E-state index in [0.29, 0.717) is 25.7 Å². The van der Waals surface area contributed by atoms with Gasteiger partial charge in [0.1, 0.15) is 13.2 Å². The van der Waals surface area contributed by atoms with Gasteiger partial charge in [-0.15, -0.1) is 0 Å². The molecule has 0 aliphatic carbocycles. The Bertz CT molecular complexity index is 534. The fourth-order valence-corrected chi connectivity index (χ4v) is 3.00. The lowest BCUT2D eigenvalue weighted by molar-refractivity contribution is -0.140. The third-order valence-corrected chi connectivity index (χ3v) is 4.83. The van der Waals surface area contributed by atoms with E-state index in [2.05, 4.69) is 13.2 Å². The van der Waals surface area contributed by atoms with Crippen LogP contribution in [0.1, 0.15) is 39.5 Å². The molecule has 0 aliphatic rings. The van der Waals surface area contributed by atoms with Gasteiger partial charge in [0, 0.05) is 12.2 Å². The van der Waals surface area contributed by atoms with Gasteiger partial charge in [-0.1, -0.05) is 13.2 Å². The number of ether oxygens (including phenoxy) is 4. The third kappa shape index (κ3) is 18.9. The van der Waals surface area contributed by atoms with E-state index in [1.807, 2.05) is 13.8 Å². The van der Waals surface area contributed by atoms with E-state index in [1.165, 1.54) is 0 Å². The molecule has 0 fully saturated rings. The normalized spacial score (nSPS) is 14.8. The van der Waals surface area contributed by atoms with Crippen molar-refractivity contribution < 1.29 is 47.0 Å². The van der Waals surface area contributed by atoms with E-state index < -0.39 is 19.8 Å². The number of phosphoric ester groups is 1. The molecule has 11 heteroatoms. The molecule has 2 unspecified atom stereocenters. The molecule has 0 heterocycles. The molecule has 0 bridgehead atoms. The zero-order valence-corrected chi connectivity index (χ0v) is 19.3. The largest absolute Gasteiger partial charge is 0.472 e. The highest BCUT2D eigenvalue weighted by Crippen LogP contribution is 2.43. The molecule has 0 saturated carbocycles. The van der Waals surface area contributed by atoms with Gasteiger partial charge in [-0.05, 0) is 39.5 Å². The Balaban J connectivity index is 3.70. The number of carbonyl (C=O) groups is 2. The van der Waals surface area contributed by atoms with Crippen LogP contribution in [0.3, 0.4) is 0 Å². The van der Waals surface area contributed by atoms with Crippen molar-refractivity contribution in [3.05, 3.63) is 25.3 Å². The maximum atomic E-state index is 11.8. The molecule has 2 atom stereocenters. The van der Waals surface area contributed by atoms with Crippen LogP contribution in [0.4, 0.5) is 0 Å². The van der Waals surface area contributed by atoms with Gasteiger partial charge in [0.25, 0.3) is 0 Å². The lowest BCUT2D eigenvalue weighted by atomic mass is 10.2. The summed E-state index contributed by atoms with van der Waals surface area (Å²) in [6.07, 6.45) is 4.14. The number of phosphoric acid groups is 1. The number of hydrogen-bond donors (Lipinski definition) is 1. The molecule has 0 aromatic carbocycles. The van der Waals surface area contributed by atoms with Crippen molar-refractivity contribution in [3.8, 4) is 0 Å². The summed E-state index contributed by atoms with van der Waals surface area (Å²) in [5.41, 5.74) is 0. The first-order valence-electron chi connectivity index (χ1n) is 10.1. The summed E-state index contributed by atoms with van der Waals surface area (Å²) < 4.78 is 42.2. The first-order chi connectivity index (χ1) is 14.7. The fourth-order valence-electron chi connectivity index (χ4n) is 2.21. The predicted molar refractivity (Wildman–Crippen MR) is 113 cm³/mol. The summed E-state index contributed by atoms with van der Waals surface area (Å²) in [6.45, 7) is 11.2. The van der Waals surface area contributed by atoms with E-state index >= 15 is 0 Å². The summed E-state index contributed by atoms with van der Waals surface area (Å²) in [6, 6.07) is 0. The second kappa shape index (κ2) is 18.1. The number of hydrogen-bond acceptors (Lipinski definition) is 9. The van der Waals surface area contributed by atoms with E-state index in [4.69, 9.17) is 28.0 Å². The van der Waals surface area contributed by atoms with E-state index in [1.54, 1.807) is 0 Å². The fraction of sp³-hybridized carbons (Fsp3) is 0.700. The van der Waals surface area contributed by atoms with Gasteiger partial charge in [-0.2, -0.15) is 0 Å². The first-order valence-corrected chi connectivity index (χ1v) is 11.6. The van der Waals surface area contributed by atoms with Gasteiger partial charge in [-0.25, -0.2) is 14.2 Å². The zero-order valence-electron chi connectivity index (χ0n) is 18.4.